The molecule has 7 aromatic carbocycles. The summed E-state index contributed by atoms with van der Waals surface area (Å²) in [5.41, 5.74) is 11.5. The lowest BCUT2D eigenvalue weighted by atomic mass is 10.0. The highest BCUT2D eigenvalue weighted by molar-refractivity contribution is 7.16. The molecule has 0 fully saturated rings. The minimum absolute atomic E-state index is 0.323. The fourth-order valence-corrected chi connectivity index (χ4v) is 7.92. The zero-order valence-electron chi connectivity index (χ0n) is 30.1. The van der Waals surface area contributed by atoms with Crippen LogP contribution in [0, 0.1) is 0 Å². The molecule has 0 saturated heterocycles. The molecule has 0 aliphatic carbocycles. The maximum Gasteiger partial charge on any atom is 0.227 e. The van der Waals surface area contributed by atoms with Crippen LogP contribution < -0.4 is 0 Å². The van der Waals surface area contributed by atoms with E-state index in [4.69, 9.17) is 25.7 Å². The molecule has 0 aliphatic heterocycles. The van der Waals surface area contributed by atoms with Crippen molar-refractivity contribution in [2.45, 2.75) is 0 Å². The van der Waals surface area contributed by atoms with Crippen LogP contribution in [0.15, 0.2) is 174 Å². The summed E-state index contributed by atoms with van der Waals surface area (Å²) in [6, 6.07) is 55.5. The predicted molar refractivity (Wildman–Crippen MR) is 222 cm³/mol. The Bertz CT molecular complexity index is 3220. The Balaban J connectivity index is 0.964. The molecule has 4 heterocycles. The third-order valence-electron chi connectivity index (χ3n) is 9.98. The standard InChI is InChI=1S/C47H28N6OS/c1-3-10-29(11-4-1)44-50-45(30-12-5-2-6-13-30)52-46(51-44)33-19-22-42-38(26-33)49-47(54-42)34-15-9-14-31(24-34)32-18-21-41-37(25-32)36-16-7-8-17-40(36)53(41)35-20-23-43-39(27-35)48-28-55-43/h1-28H/i28D. The molecule has 11 aromatic rings. The van der Waals surface area contributed by atoms with Gasteiger partial charge in [0.05, 0.1) is 28.1 Å². The molecule has 55 heavy (non-hydrogen) atoms. The van der Waals surface area contributed by atoms with E-state index in [1.165, 1.54) is 16.7 Å². The molecule has 0 unspecified atom stereocenters. The second kappa shape index (κ2) is 12.7. The number of aromatic nitrogens is 6. The molecule has 7 nitrogen and oxygen atoms in total. The normalized spacial score (nSPS) is 11.9. The predicted octanol–water partition coefficient (Wildman–Crippen LogP) is 12.1. The van der Waals surface area contributed by atoms with Gasteiger partial charge in [-0.25, -0.2) is 24.9 Å². The van der Waals surface area contributed by atoms with Crippen LogP contribution in [0.1, 0.15) is 1.37 Å². The van der Waals surface area contributed by atoms with Crippen LogP contribution in [-0.4, -0.2) is 29.5 Å². The lowest BCUT2D eigenvalue weighted by Gasteiger charge is -2.09. The van der Waals surface area contributed by atoms with E-state index in [1.54, 1.807) is 0 Å². The monoisotopic (exact) mass is 725 g/mol. The van der Waals surface area contributed by atoms with Crippen molar-refractivity contribution in [1.82, 2.24) is 29.5 Å². The average molecular weight is 726 g/mol. The minimum Gasteiger partial charge on any atom is -0.436 e. The van der Waals surface area contributed by atoms with Gasteiger partial charge in [0.2, 0.25) is 5.89 Å². The van der Waals surface area contributed by atoms with Crippen molar-refractivity contribution in [1.29, 1.82) is 0 Å². The molecule has 0 saturated carbocycles. The first-order valence-electron chi connectivity index (χ1n) is 18.4. The van der Waals surface area contributed by atoms with Gasteiger partial charge in [-0.2, -0.15) is 0 Å². The van der Waals surface area contributed by atoms with E-state index in [9.17, 15) is 0 Å². The summed E-state index contributed by atoms with van der Waals surface area (Å²) in [6.45, 7) is 0. The fourth-order valence-electron chi connectivity index (χ4n) is 7.33. The second-order valence-corrected chi connectivity index (χ2v) is 14.2. The number of rotatable bonds is 6. The highest BCUT2D eigenvalue weighted by Gasteiger charge is 2.17. The van der Waals surface area contributed by atoms with Gasteiger partial charge in [-0.15, -0.1) is 11.3 Å². The SMILES string of the molecule is [2H]c1nc2cc(-n3c4ccccc4c4cc(-c5cccc(-c6nc7cc(-c8nc(-c9ccccc9)nc(-c9ccccc9)n8)ccc7o6)c5)ccc43)ccc2s1. The van der Waals surface area contributed by atoms with Crippen LogP contribution in [0.5, 0.6) is 0 Å². The van der Waals surface area contributed by atoms with Crippen LogP contribution in [0.4, 0.5) is 0 Å². The second-order valence-electron chi connectivity index (χ2n) is 13.4. The molecule has 4 aromatic heterocycles. The fraction of sp³-hybridized carbons (Fsp3) is 0. The van der Waals surface area contributed by atoms with Gasteiger partial charge >= 0.3 is 0 Å². The molecule has 258 valence electrons. The smallest absolute Gasteiger partial charge is 0.227 e. The highest BCUT2D eigenvalue weighted by Crippen LogP contribution is 2.37. The summed E-state index contributed by atoms with van der Waals surface area (Å²) < 4.78 is 17.7. The quantitative estimate of drug-likeness (QED) is 0.170. The van der Waals surface area contributed by atoms with Gasteiger partial charge in [-0.05, 0) is 77.9 Å². The third kappa shape index (κ3) is 5.47. The summed E-state index contributed by atoms with van der Waals surface area (Å²) in [5, 5.41) is 2.32. The molecule has 0 aliphatic rings. The van der Waals surface area contributed by atoms with Crippen molar-refractivity contribution in [3.8, 4) is 62.4 Å². The minimum atomic E-state index is 0.323. The molecule has 0 spiro atoms. The van der Waals surface area contributed by atoms with E-state index < -0.39 is 0 Å². The van der Waals surface area contributed by atoms with E-state index >= 15 is 0 Å². The summed E-state index contributed by atoms with van der Waals surface area (Å²) in [5.74, 6) is 2.31. The molecular formula is C47H28N6OS. The number of para-hydroxylation sites is 1. The Kier molecular flexibility index (Phi) is 6.97. The van der Waals surface area contributed by atoms with Crippen LogP contribution >= 0.6 is 11.3 Å². The van der Waals surface area contributed by atoms with Gasteiger partial charge in [0.25, 0.3) is 0 Å². The number of hydrogen-bond donors (Lipinski definition) is 0. The first-order chi connectivity index (χ1) is 27.6. The topological polar surface area (TPSA) is 82.5 Å². The molecule has 0 amide bonds. The van der Waals surface area contributed by atoms with Crippen LogP contribution in [0.2, 0.25) is 0 Å². The zero-order valence-corrected chi connectivity index (χ0v) is 29.9. The van der Waals surface area contributed by atoms with Crippen LogP contribution in [0.25, 0.3) is 106 Å². The van der Waals surface area contributed by atoms with Gasteiger partial charge in [0, 0.05) is 38.7 Å². The number of hydrogen-bond acceptors (Lipinski definition) is 7. The summed E-state index contributed by atoms with van der Waals surface area (Å²) >= 11 is 1.39. The van der Waals surface area contributed by atoms with Crippen molar-refractivity contribution >= 4 is 54.5 Å². The number of benzene rings is 7. The van der Waals surface area contributed by atoms with Crippen LogP contribution in [0.3, 0.4) is 0 Å². The number of oxazole rings is 1. The maximum absolute atomic E-state index is 8.02. The van der Waals surface area contributed by atoms with Crippen molar-refractivity contribution in [2.24, 2.45) is 0 Å². The van der Waals surface area contributed by atoms with E-state index in [0.717, 1.165) is 71.2 Å². The summed E-state index contributed by atoms with van der Waals surface area (Å²) in [7, 11) is 0. The van der Waals surface area contributed by atoms with Gasteiger partial charge in [-0.3, -0.25) is 0 Å². The van der Waals surface area contributed by atoms with E-state index in [1.807, 2.05) is 91.0 Å². The molecule has 0 N–H and O–H groups in total. The third-order valence-corrected chi connectivity index (χ3v) is 10.7. The number of thiazole rings is 1. The van der Waals surface area contributed by atoms with Crippen molar-refractivity contribution < 1.29 is 5.79 Å². The average Bonchev–Trinajstić information content (AvgIpc) is 3.96. The van der Waals surface area contributed by atoms with Crippen molar-refractivity contribution in [3.63, 3.8) is 0 Å². The zero-order chi connectivity index (χ0) is 37.2. The molecule has 0 radical (unpaired) electrons. The Hall–Kier alpha value is -7.29. The first kappa shape index (κ1) is 30.2. The summed E-state index contributed by atoms with van der Waals surface area (Å²) in [6.07, 6.45) is 0. The summed E-state index contributed by atoms with van der Waals surface area (Å²) in [4.78, 5) is 24.0. The Morgan fingerprint density at radius 1 is 0.473 bits per heavy atom. The highest BCUT2D eigenvalue weighted by atomic mass is 32.1. The Morgan fingerprint density at radius 3 is 1.93 bits per heavy atom. The van der Waals surface area contributed by atoms with Gasteiger partial charge in [-0.1, -0.05) is 97.1 Å². The van der Waals surface area contributed by atoms with Gasteiger partial charge < -0.3 is 8.98 Å². The molecule has 8 heteroatoms. The lowest BCUT2D eigenvalue weighted by Crippen LogP contribution is -2.00. The van der Waals surface area contributed by atoms with Crippen LogP contribution in [-0.2, 0) is 0 Å². The number of fused-ring (bicyclic) bond motifs is 5. The number of nitrogens with zero attached hydrogens (tertiary/aromatic N) is 6. The largest absolute Gasteiger partial charge is 0.436 e. The van der Waals surface area contributed by atoms with Crippen molar-refractivity contribution in [2.75, 3.05) is 0 Å². The Labute approximate surface area is 320 Å². The maximum atomic E-state index is 8.02. The van der Waals surface area contributed by atoms with Gasteiger partial charge in [0.1, 0.15) is 5.52 Å². The first-order valence-corrected chi connectivity index (χ1v) is 18.7. The molecule has 0 atom stereocenters. The van der Waals surface area contributed by atoms with E-state index in [2.05, 4.69) is 82.3 Å². The van der Waals surface area contributed by atoms with E-state index in [-0.39, 0.29) is 0 Å². The molecule has 0 bridgehead atoms. The molecular weight excluding hydrogens is 697 g/mol. The van der Waals surface area contributed by atoms with Gasteiger partial charge in [0.15, 0.2) is 23.1 Å². The molecule has 11 rings (SSSR count). The Morgan fingerprint density at radius 2 is 1.13 bits per heavy atom. The van der Waals surface area contributed by atoms with E-state index in [0.29, 0.717) is 34.4 Å². The van der Waals surface area contributed by atoms with Crippen molar-refractivity contribution in [3.05, 3.63) is 169 Å². The lowest BCUT2D eigenvalue weighted by molar-refractivity contribution is 0.620.